The number of nitrogens with one attached hydrogen (secondary N) is 1. The van der Waals surface area contributed by atoms with Gasteiger partial charge in [0, 0.05) is 12.1 Å². The van der Waals surface area contributed by atoms with Crippen LogP contribution in [0.4, 0.5) is 5.13 Å². The predicted octanol–water partition coefficient (Wildman–Crippen LogP) is 4.55. The molecule has 0 saturated carbocycles. The van der Waals surface area contributed by atoms with Gasteiger partial charge in [0.25, 0.3) is 0 Å². The molecule has 0 aliphatic carbocycles. The predicted molar refractivity (Wildman–Crippen MR) is 111 cm³/mol. The van der Waals surface area contributed by atoms with E-state index in [1.165, 1.54) is 0 Å². The van der Waals surface area contributed by atoms with Crippen LogP contribution in [0.1, 0.15) is 51.7 Å². The Bertz CT molecular complexity index is 717. The number of nitrogens with zero attached hydrogens (tertiary/aromatic N) is 2. The molecule has 0 aliphatic rings. The fourth-order valence-corrected chi connectivity index (χ4v) is 3.44. The van der Waals surface area contributed by atoms with Crippen LogP contribution in [0.25, 0.3) is 10.6 Å². The highest BCUT2D eigenvalue weighted by Gasteiger charge is 2.18. The van der Waals surface area contributed by atoms with Crippen LogP contribution in [0.2, 0.25) is 0 Å². The average Bonchev–Trinajstić information content (AvgIpc) is 3.01. The summed E-state index contributed by atoms with van der Waals surface area (Å²) in [6.07, 6.45) is 1.29. The van der Waals surface area contributed by atoms with Crippen molar-refractivity contribution in [3.63, 3.8) is 0 Å². The van der Waals surface area contributed by atoms with Crippen molar-refractivity contribution < 1.29 is 14.6 Å². The topological polar surface area (TPSA) is 76.5 Å². The van der Waals surface area contributed by atoms with Crippen LogP contribution in [0.3, 0.4) is 0 Å². The van der Waals surface area contributed by atoms with E-state index in [0.717, 1.165) is 52.0 Å². The molecule has 1 aromatic carbocycles. The minimum absolute atomic E-state index is 0.0859. The molecule has 150 valence electrons. The Hall–Kier alpha value is -1.70. The molecule has 6 nitrogen and oxygen atoms in total. The summed E-state index contributed by atoms with van der Waals surface area (Å²) in [6.45, 7) is 12.8. The monoisotopic (exact) mass is 393 g/mol. The summed E-state index contributed by atoms with van der Waals surface area (Å²) < 4.78 is 11.3. The number of aliphatic hydroxyl groups is 1. The number of ether oxygens (including phenoxy) is 2. The largest absolute Gasteiger partial charge is 0.488 e. The molecular formula is C20H31N3O3S. The van der Waals surface area contributed by atoms with Crippen molar-refractivity contribution in [2.75, 3.05) is 18.5 Å². The van der Waals surface area contributed by atoms with Gasteiger partial charge in [-0.2, -0.15) is 0 Å². The molecule has 1 aromatic heterocycles. The van der Waals surface area contributed by atoms with E-state index in [0.29, 0.717) is 0 Å². The second-order valence-electron chi connectivity index (χ2n) is 7.63. The van der Waals surface area contributed by atoms with Gasteiger partial charge in [-0.25, -0.2) is 0 Å². The van der Waals surface area contributed by atoms with Gasteiger partial charge in [-0.3, -0.25) is 0 Å². The molecular weight excluding hydrogens is 362 g/mol. The molecule has 0 fully saturated rings. The van der Waals surface area contributed by atoms with Crippen LogP contribution in [-0.4, -0.2) is 40.3 Å². The fourth-order valence-electron chi connectivity index (χ4n) is 2.68. The average molecular weight is 394 g/mol. The van der Waals surface area contributed by atoms with E-state index in [4.69, 9.17) is 9.47 Å². The maximum absolute atomic E-state index is 9.98. The van der Waals surface area contributed by atoms with Crippen molar-refractivity contribution in [3.05, 3.63) is 23.3 Å². The lowest BCUT2D eigenvalue weighted by Gasteiger charge is -2.24. The molecule has 0 bridgehead atoms. The van der Waals surface area contributed by atoms with Gasteiger partial charge < -0.3 is 19.9 Å². The molecule has 0 saturated heterocycles. The molecule has 2 N–H and O–H groups in total. The van der Waals surface area contributed by atoms with Crippen molar-refractivity contribution in [2.45, 2.75) is 66.3 Å². The lowest BCUT2D eigenvalue weighted by molar-refractivity contribution is -0.178. The van der Waals surface area contributed by atoms with Crippen LogP contribution < -0.4 is 10.1 Å². The quantitative estimate of drug-likeness (QED) is 0.481. The zero-order chi connectivity index (χ0) is 20.0. The molecule has 0 radical (unpaired) electrons. The van der Waals surface area contributed by atoms with Crippen molar-refractivity contribution >= 4 is 16.5 Å². The van der Waals surface area contributed by atoms with E-state index < -0.39 is 11.9 Å². The van der Waals surface area contributed by atoms with Gasteiger partial charge in [0.1, 0.15) is 17.4 Å². The van der Waals surface area contributed by atoms with E-state index in [9.17, 15) is 5.11 Å². The highest BCUT2D eigenvalue weighted by molar-refractivity contribution is 7.18. The minimum Gasteiger partial charge on any atom is -0.488 e. The van der Waals surface area contributed by atoms with E-state index in [1.54, 1.807) is 11.3 Å². The number of benzene rings is 1. The van der Waals surface area contributed by atoms with E-state index in [1.807, 2.05) is 46.8 Å². The van der Waals surface area contributed by atoms with Crippen LogP contribution in [0.5, 0.6) is 5.75 Å². The number of rotatable bonds is 9. The summed E-state index contributed by atoms with van der Waals surface area (Å²) in [5, 5.41) is 23.5. The summed E-state index contributed by atoms with van der Waals surface area (Å²) >= 11 is 1.55. The standard InChI is InChI=1S/C20H31N3O3S/c1-7-8-9-21-19-23-22-18(27-19)15-10-13(2)17(14(3)11-15)25-12-16(24)26-20(4,5)6/h10-11,16,24H,7-9,12H2,1-6H3,(H,21,23). The van der Waals surface area contributed by atoms with E-state index >= 15 is 0 Å². The summed E-state index contributed by atoms with van der Waals surface area (Å²) in [7, 11) is 0. The van der Waals surface area contributed by atoms with Gasteiger partial charge in [0.05, 0.1) is 5.60 Å². The zero-order valence-corrected chi connectivity index (χ0v) is 17.9. The highest BCUT2D eigenvalue weighted by Crippen LogP contribution is 2.33. The van der Waals surface area contributed by atoms with Crippen LogP contribution in [0, 0.1) is 13.8 Å². The first-order chi connectivity index (χ1) is 12.7. The Morgan fingerprint density at radius 2 is 1.85 bits per heavy atom. The van der Waals surface area contributed by atoms with Crippen LogP contribution in [0.15, 0.2) is 12.1 Å². The van der Waals surface area contributed by atoms with Gasteiger partial charge in [-0.05, 0) is 64.3 Å². The summed E-state index contributed by atoms with van der Waals surface area (Å²) in [5.74, 6) is 0.765. The SMILES string of the molecule is CCCCNc1nnc(-c2cc(C)c(OCC(O)OC(C)(C)C)c(C)c2)s1. The number of aliphatic hydroxyl groups excluding tert-OH is 1. The summed E-state index contributed by atoms with van der Waals surface area (Å²) in [4.78, 5) is 0. The third-order valence-corrected chi connectivity index (χ3v) is 4.73. The first kappa shape index (κ1) is 21.6. The maximum Gasteiger partial charge on any atom is 0.206 e. The molecule has 2 aromatic rings. The van der Waals surface area contributed by atoms with Crippen molar-refractivity contribution in [2.24, 2.45) is 0 Å². The summed E-state index contributed by atoms with van der Waals surface area (Å²) in [5.41, 5.74) is 2.58. The number of aryl methyl sites for hydroxylation is 2. The number of unbranched alkanes of at least 4 members (excludes halogenated alkanes) is 1. The highest BCUT2D eigenvalue weighted by atomic mass is 32.1. The van der Waals surface area contributed by atoms with Gasteiger partial charge in [0.2, 0.25) is 5.13 Å². The number of hydrogen-bond donors (Lipinski definition) is 2. The summed E-state index contributed by atoms with van der Waals surface area (Å²) in [6, 6.07) is 4.07. The molecule has 0 aliphatic heterocycles. The number of hydrogen-bond acceptors (Lipinski definition) is 7. The Labute approximate surface area is 165 Å². The number of anilines is 1. The van der Waals surface area contributed by atoms with Gasteiger partial charge in [0.15, 0.2) is 6.29 Å². The Morgan fingerprint density at radius 3 is 2.44 bits per heavy atom. The van der Waals surface area contributed by atoms with Gasteiger partial charge in [-0.15, -0.1) is 10.2 Å². The fraction of sp³-hybridized carbons (Fsp3) is 0.600. The van der Waals surface area contributed by atoms with E-state index in [2.05, 4.69) is 22.4 Å². The first-order valence-corrected chi connectivity index (χ1v) is 10.2. The molecule has 2 rings (SSSR count). The third kappa shape index (κ3) is 6.75. The molecule has 0 spiro atoms. The molecule has 1 atom stereocenters. The second-order valence-corrected chi connectivity index (χ2v) is 8.61. The van der Waals surface area contributed by atoms with Crippen molar-refractivity contribution in [1.82, 2.24) is 10.2 Å². The Balaban J connectivity index is 2.06. The van der Waals surface area contributed by atoms with Crippen LogP contribution >= 0.6 is 11.3 Å². The van der Waals surface area contributed by atoms with Crippen molar-refractivity contribution in [3.8, 4) is 16.3 Å². The van der Waals surface area contributed by atoms with E-state index in [-0.39, 0.29) is 6.61 Å². The molecule has 1 unspecified atom stereocenters. The lowest BCUT2D eigenvalue weighted by atomic mass is 10.1. The molecule has 27 heavy (non-hydrogen) atoms. The van der Waals surface area contributed by atoms with Gasteiger partial charge >= 0.3 is 0 Å². The zero-order valence-electron chi connectivity index (χ0n) is 17.1. The smallest absolute Gasteiger partial charge is 0.206 e. The molecule has 1 heterocycles. The molecule has 0 amide bonds. The normalized spacial score (nSPS) is 12.9. The Kier molecular flexibility index (Phi) is 7.59. The van der Waals surface area contributed by atoms with Crippen LogP contribution in [-0.2, 0) is 4.74 Å². The second kappa shape index (κ2) is 9.48. The lowest BCUT2D eigenvalue weighted by Crippen LogP contribution is -2.31. The minimum atomic E-state index is -0.969. The molecule has 7 heteroatoms. The van der Waals surface area contributed by atoms with Crippen molar-refractivity contribution in [1.29, 1.82) is 0 Å². The number of aromatic nitrogens is 2. The first-order valence-electron chi connectivity index (χ1n) is 9.37. The third-order valence-electron chi connectivity index (χ3n) is 3.80. The maximum atomic E-state index is 9.98. The van der Waals surface area contributed by atoms with Gasteiger partial charge in [-0.1, -0.05) is 24.7 Å². The Morgan fingerprint density at radius 1 is 1.19 bits per heavy atom.